The Hall–Kier alpha value is -0.100. The van der Waals surface area contributed by atoms with Crippen LogP contribution in [0.2, 0.25) is 0 Å². The molecule has 0 spiro atoms. The Morgan fingerprint density at radius 1 is 1.16 bits per heavy atom. The van der Waals surface area contributed by atoms with E-state index in [0.29, 0.717) is 28.0 Å². The molecule has 1 atom stereocenters. The number of hydrogen-bond donors (Lipinski definition) is 3. The van der Waals surface area contributed by atoms with Gasteiger partial charge in [-0.25, -0.2) is 0 Å². The lowest BCUT2D eigenvalue weighted by atomic mass is 9.96. The van der Waals surface area contributed by atoms with Crippen LogP contribution in [-0.4, -0.2) is 22.9 Å². The van der Waals surface area contributed by atoms with E-state index in [1.54, 1.807) is 0 Å². The number of hydrogen-bond acceptors (Lipinski definition) is 3. The van der Waals surface area contributed by atoms with E-state index in [1.807, 2.05) is 12.1 Å². The molecule has 0 aliphatic rings. The summed E-state index contributed by atoms with van der Waals surface area (Å²) in [5, 5.41) is 22.9. The molecule has 3 nitrogen and oxygen atoms in total. The standard InChI is InChI=1S/C14H21Br2NO2/c1-3-10(4-2)13(18)8-17-7-9-5-11(15)14(19)12(16)6-9/h5-6,10,13,17-19H,3-4,7-8H2,1-2H3. The Morgan fingerprint density at radius 2 is 1.68 bits per heavy atom. The first-order valence-electron chi connectivity index (χ1n) is 6.55. The average Bonchev–Trinajstić information content (AvgIpc) is 2.37. The highest BCUT2D eigenvalue weighted by Crippen LogP contribution is 2.33. The fraction of sp³-hybridized carbons (Fsp3) is 0.571. The fourth-order valence-corrected chi connectivity index (χ4v) is 3.37. The van der Waals surface area contributed by atoms with Gasteiger partial charge in [0.2, 0.25) is 0 Å². The molecule has 1 rings (SSSR count). The number of aliphatic hydroxyl groups is 1. The molecule has 0 fully saturated rings. The van der Waals surface area contributed by atoms with Crippen molar-refractivity contribution in [2.45, 2.75) is 39.3 Å². The first kappa shape index (κ1) is 17.0. The minimum absolute atomic E-state index is 0.209. The van der Waals surface area contributed by atoms with Crippen molar-refractivity contribution in [3.8, 4) is 5.75 Å². The Kier molecular flexibility index (Phi) is 7.36. The van der Waals surface area contributed by atoms with Gasteiger partial charge in [-0.2, -0.15) is 0 Å². The molecular weight excluding hydrogens is 374 g/mol. The van der Waals surface area contributed by atoms with Crippen LogP contribution in [0.1, 0.15) is 32.3 Å². The number of phenols is 1. The molecule has 3 N–H and O–H groups in total. The van der Waals surface area contributed by atoms with Gasteiger partial charge in [-0.3, -0.25) is 0 Å². The Morgan fingerprint density at radius 3 is 2.16 bits per heavy atom. The minimum Gasteiger partial charge on any atom is -0.506 e. The number of rotatable bonds is 7. The minimum atomic E-state index is -0.306. The van der Waals surface area contributed by atoms with E-state index in [0.717, 1.165) is 18.4 Å². The summed E-state index contributed by atoms with van der Waals surface area (Å²) in [5.41, 5.74) is 1.05. The van der Waals surface area contributed by atoms with Gasteiger partial charge in [0.05, 0.1) is 15.0 Å². The summed E-state index contributed by atoms with van der Waals surface area (Å²) in [6.45, 7) is 5.45. The van der Waals surface area contributed by atoms with Gasteiger partial charge in [-0.05, 0) is 55.5 Å². The fourth-order valence-electron chi connectivity index (χ4n) is 2.08. The summed E-state index contributed by atoms with van der Waals surface area (Å²) in [7, 11) is 0. The summed E-state index contributed by atoms with van der Waals surface area (Å²) >= 11 is 6.61. The van der Waals surface area contributed by atoms with Crippen molar-refractivity contribution in [3.63, 3.8) is 0 Å². The van der Waals surface area contributed by atoms with Crippen LogP contribution in [0.15, 0.2) is 21.1 Å². The highest BCUT2D eigenvalue weighted by Gasteiger charge is 2.14. The van der Waals surface area contributed by atoms with Crippen LogP contribution in [0.3, 0.4) is 0 Å². The third kappa shape index (κ3) is 5.06. The summed E-state index contributed by atoms with van der Waals surface area (Å²) in [6.07, 6.45) is 1.68. The Bertz CT molecular complexity index is 385. The summed E-state index contributed by atoms with van der Waals surface area (Å²) < 4.78 is 1.33. The lowest BCUT2D eigenvalue weighted by molar-refractivity contribution is 0.101. The molecule has 5 heteroatoms. The molecule has 0 bridgehead atoms. The van der Waals surface area contributed by atoms with Gasteiger partial charge in [0.15, 0.2) is 0 Å². The van der Waals surface area contributed by atoms with E-state index in [4.69, 9.17) is 0 Å². The van der Waals surface area contributed by atoms with Crippen LogP contribution in [0, 0.1) is 5.92 Å². The highest BCUT2D eigenvalue weighted by atomic mass is 79.9. The summed E-state index contributed by atoms with van der Waals surface area (Å²) in [5.74, 6) is 0.562. The van der Waals surface area contributed by atoms with Crippen molar-refractivity contribution >= 4 is 31.9 Å². The van der Waals surface area contributed by atoms with Gasteiger partial charge in [0.1, 0.15) is 5.75 Å². The molecular formula is C14H21Br2NO2. The SMILES string of the molecule is CCC(CC)C(O)CNCc1cc(Br)c(O)c(Br)c1. The number of nitrogens with one attached hydrogen (secondary N) is 1. The van der Waals surface area contributed by atoms with Gasteiger partial charge in [0.25, 0.3) is 0 Å². The topological polar surface area (TPSA) is 52.5 Å². The van der Waals surface area contributed by atoms with E-state index in [9.17, 15) is 10.2 Å². The molecule has 0 heterocycles. The number of phenolic OH excluding ortho intramolecular Hbond substituents is 1. The maximum atomic E-state index is 10.0. The second-order valence-corrected chi connectivity index (χ2v) is 6.39. The quantitative estimate of drug-likeness (QED) is 0.659. The van der Waals surface area contributed by atoms with Gasteiger partial charge in [-0.15, -0.1) is 0 Å². The summed E-state index contributed by atoms with van der Waals surface area (Å²) in [4.78, 5) is 0. The maximum absolute atomic E-state index is 10.0. The molecule has 0 saturated carbocycles. The molecule has 0 radical (unpaired) electrons. The first-order valence-corrected chi connectivity index (χ1v) is 8.13. The zero-order valence-electron chi connectivity index (χ0n) is 11.3. The largest absolute Gasteiger partial charge is 0.506 e. The molecule has 1 unspecified atom stereocenters. The smallest absolute Gasteiger partial charge is 0.143 e. The van der Waals surface area contributed by atoms with Crippen LogP contribution in [0.5, 0.6) is 5.75 Å². The lowest BCUT2D eigenvalue weighted by Crippen LogP contribution is -2.32. The van der Waals surface area contributed by atoms with E-state index >= 15 is 0 Å². The second-order valence-electron chi connectivity index (χ2n) is 4.68. The van der Waals surface area contributed by atoms with Gasteiger partial charge < -0.3 is 15.5 Å². The molecule has 0 amide bonds. The van der Waals surface area contributed by atoms with E-state index in [-0.39, 0.29) is 11.9 Å². The highest BCUT2D eigenvalue weighted by molar-refractivity contribution is 9.11. The van der Waals surface area contributed by atoms with E-state index < -0.39 is 0 Å². The van der Waals surface area contributed by atoms with Crippen LogP contribution < -0.4 is 5.32 Å². The molecule has 0 aromatic heterocycles. The first-order chi connectivity index (χ1) is 8.99. The predicted molar refractivity (Wildman–Crippen MR) is 85.3 cm³/mol. The lowest BCUT2D eigenvalue weighted by Gasteiger charge is -2.20. The molecule has 1 aromatic rings. The number of aromatic hydroxyl groups is 1. The third-order valence-corrected chi connectivity index (χ3v) is 4.56. The van der Waals surface area contributed by atoms with Crippen molar-refractivity contribution in [2.75, 3.05) is 6.54 Å². The monoisotopic (exact) mass is 393 g/mol. The van der Waals surface area contributed by atoms with Crippen LogP contribution >= 0.6 is 31.9 Å². The predicted octanol–water partition coefficient (Wildman–Crippen LogP) is 3.80. The molecule has 0 aliphatic carbocycles. The summed E-state index contributed by atoms with van der Waals surface area (Å²) in [6, 6.07) is 3.74. The average molecular weight is 395 g/mol. The number of benzene rings is 1. The van der Waals surface area contributed by atoms with Crippen LogP contribution in [0.25, 0.3) is 0 Å². The van der Waals surface area contributed by atoms with Crippen molar-refractivity contribution in [2.24, 2.45) is 5.92 Å². The van der Waals surface area contributed by atoms with Crippen molar-refractivity contribution < 1.29 is 10.2 Å². The normalized spacial score (nSPS) is 12.9. The van der Waals surface area contributed by atoms with Crippen LogP contribution in [0.4, 0.5) is 0 Å². The number of halogens is 2. The Balaban J connectivity index is 2.49. The van der Waals surface area contributed by atoms with Gasteiger partial charge in [0, 0.05) is 13.1 Å². The van der Waals surface area contributed by atoms with Gasteiger partial charge >= 0.3 is 0 Å². The molecule has 0 aliphatic heterocycles. The van der Waals surface area contributed by atoms with Crippen molar-refractivity contribution in [1.82, 2.24) is 5.32 Å². The molecule has 0 saturated heterocycles. The molecule has 19 heavy (non-hydrogen) atoms. The molecule has 108 valence electrons. The molecule has 1 aromatic carbocycles. The van der Waals surface area contributed by atoms with Crippen molar-refractivity contribution in [3.05, 3.63) is 26.6 Å². The van der Waals surface area contributed by atoms with Crippen molar-refractivity contribution in [1.29, 1.82) is 0 Å². The maximum Gasteiger partial charge on any atom is 0.143 e. The van der Waals surface area contributed by atoms with E-state index in [2.05, 4.69) is 51.0 Å². The zero-order valence-corrected chi connectivity index (χ0v) is 14.5. The Labute approximate surface area is 131 Å². The van der Waals surface area contributed by atoms with Crippen LogP contribution in [-0.2, 0) is 6.54 Å². The third-order valence-electron chi connectivity index (χ3n) is 3.35. The zero-order chi connectivity index (χ0) is 14.4. The second kappa shape index (κ2) is 8.25. The van der Waals surface area contributed by atoms with Gasteiger partial charge in [-0.1, -0.05) is 26.7 Å². The van der Waals surface area contributed by atoms with E-state index in [1.165, 1.54) is 0 Å². The number of aliphatic hydroxyl groups excluding tert-OH is 1.